The van der Waals surface area contributed by atoms with Gasteiger partial charge in [-0.25, -0.2) is 4.79 Å². The van der Waals surface area contributed by atoms with Crippen molar-refractivity contribution in [1.29, 1.82) is 0 Å². The van der Waals surface area contributed by atoms with Gasteiger partial charge in [0.1, 0.15) is 1.37 Å². The smallest absolute Gasteiger partial charge is 0.404 e. The Bertz CT molecular complexity index is 356. The highest BCUT2D eigenvalue weighted by atomic mass is 35.5. The lowest BCUT2D eigenvalue weighted by molar-refractivity contribution is -0.608. The average Bonchev–Trinajstić information content (AvgIpc) is 2.10. The molecule has 4 nitrogen and oxygen atoms in total. The number of methoxy groups -OCH3 is 1. The van der Waals surface area contributed by atoms with Crippen LogP contribution in [0.4, 0.5) is 0 Å². The van der Waals surface area contributed by atoms with E-state index in [-0.39, 0.29) is 15.4 Å². The third-order valence-electron chi connectivity index (χ3n) is 1.21. The van der Waals surface area contributed by atoms with E-state index in [2.05, 4.69) is 4.74 Å². The van der Waals surface area contributed by atoms with Crippen molar-refractivity contribution in [2.45, 2.75) is 0 Å². The van der Waals surface area contributed by atoms with Crippen molar-refractivity contribution in [3.8, 4) is 0 Å². The second-order valence-electron chi connectivity index (χ2n) is 1.97. The minimum absolute atomic E-state index is 0.150. The monoisotopic (exact) mass is 188 g/mol. The topological polar surface area (TPSA) is 53.2 Å². The highest BCUT2D eigenvalue weighted by Crippen LogP contribution is 2.07. The number of esters is 1. The number of rotatable bonds is 1. The lowest BCUT2D eigenvalue weighted by Crippen LogP contribution is -2.34. The Morgan fingerprint density at radius 1 is 1.92 bits per heavy atom. The molecule has 0 saturated heterocycles. The van der Waals surface area contributed by atoms with Gasteiger partial charge < -0.3 is 9.94 Å². The van der Waals surface area contributed by atoms with Gasteiger partial charge in [0.15, 0.2) is 6.17 Å². The number of carbonyl (C=O) groups is 1. The third-order valence-corrected chi connectivity index (χ3v) is 1.43. The fraction of sp³-hybridized carbons (Fsp3) is 0.143. The maximum Gasteiger partial charge on any atom is 0.404 e. The summed E-state index contributed by atoms with van der Waals surface area (Å²) in [6, 6.07) is 2.29. The van der Waals surface area contributed by atoms with Crippen LogP contribution in [0.1, 0.15) is 11.9 Å². The molecule has 0 bridgehead atoms. The van der Waals surface area contributed by atoms with Gasteiger partial charge in [0.2, 0.25) is 0 Å². The molecular formula is C7H6ClNO3. The summed E-state index contributed by atoms with van der Waals surface area (Å²) in [5.41, 5.74) is -0.292. The van der Waals surface area contributed by atoms with E-state index < -0.39 is 12.1 Å². The summed E-state index contributed by atoms with van der Waals surface area (Å²) in [5.74, 6) is -0.814. The second-order valence-corrected chi connectivity index (χ2v) is 2.41. The first kappa shape index (κ1) is 7.36. The lowest BCUT2D eigenvalue weighted by atomic mass is 10.3. The predicted molar refractivity (Wildman–Crippen MR) is 41.8 cm³/mol. The number of hydrogen-bond acceptors (Lipinski definition) is 3. The molecule has 0 amide bonds. The van der Waals surface area contributed by atoms with Crippen molar-refractivity contribution in [3.05, 3.63) is 34.2 Å². The van der Waals surface area contributed by atoms with Crippen LogP contribution < -0.4 is 4.73 Å². The Morgan fingerprint density at radius 2 is 2.58 bits per heavy atom. The molecule has 0 spiro atoms. The highest BCUT2D eigenvalue weighted by Gasteiger charge is 2.16. The van der Waals surface area contributed by atoms with Gasteiger partial charge in [0, 0.05) is 12.1 Å². The molecule has 64 valence electrons. The Hall–Kier alpha value is -1.29. The summed E-state index contributed by atoms with van der Waals surface area (Å²) in [5, 5.41) is 11.2. The molecule has 0 aromatic carbocycles. The molecular weight excluding hydrogens is 182 g/mol. The quantitative estimate of drug-likeness (QED) is 0.372. The zero-order valence-electron chi connectivity index (χ0n) is 7.20. The minimum atomic E-state index is -0.814. The molecule has 0 aliphatic heterocycles. The molecule has 0 radical (unpaired) electrons. The number of carbonyl (C=O) groups excluding carboxylic acids is 1. The molecule has 0 unspecified atom stereocenters. The summed E-state index contributed by atoms with van der Waals surface area (Å²) >= 11 is 5.54. The molecule has 1 aromatic heterocycles. The Labute approximate surface area is 75.3 Å². The number of nitrogens with zero attached hydrogens (tertiary/aromatic N) is 1. The van der Waals surface area contributed by atoms with Crippen LogP contribution in [0.3, 0.4) is 0 Å². The van der Waals surface area contributed by atoms with Crippen molar-refractivity contribution in [2.75, 3.05) is 7.11 Å². The maximum atomic E-state index is 11.1. The third kappa shape index (κ3) is 1.65. The van der Waals surface area contributed by atoms with Crippen molar-refractivity contribution >= 4 is 17.6 Å². The van der Waals surface area contributed by atoms with E-state index in [0.717, 1.165) is 19.2 Å². The molecule has 0 fully saturated rings. The molecule has 1 heterocycles. The Balaban J connectivity index is 3.28. The number of halogens is 1. The molecule has 0 aliphatic carbocycles. The van der Waals surface area contributed by atoms with Crippen molar-refractivity contribution < 1.29 is 15.6 Å². The van der Waals surface area contributed by atoms with Crippen LogP contribution in [-0.4, -0.2) is 13.1 Å². The van der Waals surface area contributed by atoms with Crippen molar-refractivity contribution in [1.82, 2.24) is 0 Å². The first-order chi connectivity index (χ1) is 6.06. The molecule has 5 heteroatoms. The largest absolute Gasteiger partial charge is 0.618 e. The van der Waals surface area contributed by atoms with E-state index in [1.165, 1.54) is 0 Å². The fourth-order valence-electron chi connectivity index (χ4n) is 0.667. The van der Waals surface area contributed by atoms with E-state index in [1.54, 1.807) is 0 Å². The van der Waals surface area contributed by atoms with Gasteiger partial charge in [0.25, 0.3) is 0 Å². The normalized spacial score (nSPS) is 10.7. The molecule has 0 aliphatic rings. The first-order valence-electron chi connectivity index (χ1n) is 3.54. The zero-order valence-corrected chi connectivity index (χ0v) is 6.96. The van der Waals surface area contributed by atoms with Gasteiger partial charge >= 0.3 is 11.7 Å². The van der Waals surface area contributed by atoms with E-state index in [4.69, 9.17) is 13.0 Å². The summed E-state index contributed by atoms with van der Waals surface area (Å²) in [6.45, 7) is 0. The van der Waals surface area contributed by atoms with Crippen LogP contribution in [0.15, 0.2) is 18.3 Å². The van der Waals surface area contributed by atoms with Crippen LogP contribution in [0.2, 0.25) is 5.02 Å². The molecule has 12 heavy (non-hydrogen) atoms. The van der Waals surface area contributed by atoms with Crippen LogP contribution in [0.25, 0.3) is 0 Å². The van der Waals surface area contributed by atoms with Gasteiger partial charge in [-0.05, 0) is 0 Å². The molecule has 0 atom stereocenters. The first-order valence-corrected chi connectivity index (χ1v) is 3.42. The van der Waals surface area contributed by atoms with E-state index >= 15 is 0 Å². The molecule has 1 rings (SSSR count). The maximum absolute atomic E-state index is 11.1. The number of hydrogen-bond donors (Lipinski definition) is 0. The van der Waals surface area contributed by atoms with E-state index in [0.29, 0.717) is 0 Å². The summed E-state index contributed by atoms with van der Waals surface area (Å²) in [6.07, 6.45) is -0.395. The summed E-state index contributed by atoms with van der Waals surface area (Å²) < 4.78 is 11.6. The molecule has 1 aromatic rings. The molecule has 0 saturated carbocycles. The summed E-state index contributed by atoms with van der Waals surface area (Å²) in [4.78, 5) is 11.0. The van der Waals surface area contributed by atoms with Crippen LogP contribution in [0.5, 0.6) is 0 Å². The zero-order chi connectivity index (χ0) is 10.0. The van der Waals surface area contributed by atoms with E-state index in [1.807, 2.05) is 0 Å². The second kappa shape index (κ2) is 3.40. The molecule has 0 N–H and O–H groups in total. The lowest BCUT2D eigenvalue weighted by Gasteiger charge is -2.01. The predicted octanol–water partition coefficient (Wildman–Crippen LogP) is 0.760. The Kier molecular flexibility index (Phi) is 2.09. The number of ether oxygens (including phenoxy) is 1. The SMILES string of the molecule is [2H]c1cc(Cl)cc(C(=O)OC)[n+]1[O-]. The average molecular weight is 189 g/mol. The highest BCUT2D eigenvalue weighted by molar-refractivity contribution is 6.30. The van der Waals surface area contributed by atoms with Gasteiger partial charge in [-0.1, -0.05) is 11.6 Å². The van der Waals surface area contributed by atoms with Crippen LogP contribution in [0, 0.1) is 5.21 Å². The summed E-state index contributed by atoms with van der Waals surface area (Å²) in [7, 11) is 1.15. The van der Waals surface area contributed by atoms with E-state index in [9.17, 15) is 10.0 Å². The van der Waals surface area contributed by atoms with Crippen LogP contribution in [-0.2, 0) is 4.74 Å². The van der Waals surface area contributed by atoms with Gasteiger partial charge in [-0.2, -0.15) is 4.73 Å². The van der Waals surface area contributed by atoms with Crippen LogP contribution >= 0.6 is 11.6 Å². The van der Waals surface area contributed by atoms with Gasteiger partial charge in [-0.3, -0.25) is 0 Å². The number of pyridine rings is 1. The minimum Gasteiger partial charge on any atom is -0.618 e. The standard InChI is InChI=1S/C7H6ClNO3/c1-12-7(10)6-4-5(8)2-3-9(6)11/h2-4H,1H3/i3D. The number of aromatic nitrogens is 1. The van der Waals surface area contributed by atoms with Gasteiger partial charge in [0.05, 0.1) is 12.1 Å². The Morgan fingerprint density at radius 3 is 3.17 bits per heavy atom. The van der Waals surface area contributed by atoms with Crippen molar-refractivity contribution in [2.24, 2.45) is 0 Å². The fourth-order valence-corrected chi connectivity index (χ4v) is 0.819. The van der Waals surface area contributed by atoms with Crippen molar-refractivity contribution in [3.63, 3.8) is 0 Å². The van der Waals surface area contributed by atoms with Gasteiger partial charge in [-0.15, -0.1) is 0 Å².